The van der Waals surface area contributed by atoms with Crippen LogP contribution in [0.2, 0.25) is 0 Å². The highest BCUT2D eigenvalue weighted by atomic mass is 19.4. The first-order valence-electron chi connectivity index (χ1n) is 15.3. The van der Waals surface area contributed by atoms with Gasteiger partial charge in [0, 0.05) is 24.5 Å². The smallest absolute Gasteiger partial charge is 0.327 e. The summed E-state index contributed by atoms with van der Waals surface area (Å²) in [5.74, 6) is 0.441. The largest absolute Gasteiger partial charge is 0.416 e. The lowest BCUT2D eigenvalue weighted by atomic mass is 9.83. The second-order valence-corrected chi connectivity index (χ2v) is 12.5. The molecule has 1 N–H and O–H groups in total. The number of hydrogen-bond acceptors (Lipinski definition) is 6. The Balaban J connectivity index is 1.55. The normalized spacial score (nSPS) is 22.5. The lowest BCUT2D eigenvalue weighted by Crippen LogP contribution is -2.37. The van der Waals surface area contributed by atoms with Crippen LogP contribution in [0.4, 0.5) is 32.3 Å². The summed E-state index contributed by atoms with van der Waals surface area (Å²) in [4.78, 5) is 14.8. The van der Waals surface area contributed by atoms with Gasteiger partial charge in [-0.3, -0.25) is 4.79 Å². The van der Waals surface area contributed by atoms with Crippen molar-refractivity contribution < 1.29 is 31.1 Å². The van der Waals surface area contributed by atoms with Gasteiger partial charge in [0.15, 0.2) is 0 Å². The van der Waals surface area contributed by atoms with Crippen LogP contribution in [0, 0.1) is 19.8 Å². The number of anilines is 1. The molecule has 0 amide bonds. The fraction of sp³-hybridized carbons (Fsp3) is 0.562. The van der Waals surface area contributed by atoms with Crippen molar-refractivity contribution in [1.82, 2.24) is 25.5 Å². The van der Waals surface area contributed by atoms with E-state index >= 15 is 0 Å². The molecule has 2 aromatic carbocycles. The Morgan fingerprint density at radius 3 is 2.13 bits per heavy atom. The van der Waals surface area contributed by atoms with Crippen LogP contribution in [0.25, 0.3) is 0 Å². The van der Waals surface area contributed by atoms with Crippen LogP contribution in [-0.4, -0.2) is 32.0 Å². The highest BCUT2D eigenvalue weighted by molar-refractivity contribution is 5.78. The Kier molecular flexibility index (Phi) is 9.30. The molecule has 0 saturated heterocycles. The molecule has 1 aromatic heterocycles. The lowest BCUT2D eigenvalue weighted by Gasteiger charge is -2.34. The van der Waals surface area contributed by atoms with Crippen molar-refractivity contribution in [3.8, 4) is 0 Å². The Morgan fingerprint density at radius 2 is 1.58 bits per heavy atom. The standard InChI is InChI=1S/C32H38F6N6O/c1-18-12-19(2)29-26(13-18)28(7-5-6-27(29)39-25-10-8-22(9-11-25)20(3)45)44(30-40-42-43(4)41-30)17-21-14-23(31(33,34)35)16-24(15-21)32(36,37)38/h12-16,22,25,27-28,39H,5-11,17H2,1-4H3/t22-,25-,27?,28-/m0/s1. The van der Waals surface area contributed by atoms with Gasteiger partial charge in [0.25, 0.3) is 5.95 Å². The molecule has 2 aliphatic carbocycles. The zero-order valence-corrected chi connectivity index (χ0v) is 25.8. The first-order chi connectivity index (χ1) is 21.1. The number of ketones is 1. The number of nitrogens with zero attached hydrogens (tertiary/aromatic N) is 5. The van der Waals surface area contributed by atoms with E-state index in [2.05, 4.69) is 32.9 Å². The van der Waals surface area contributed by atoms with E-state index in [1.807, 2.05) is 13.8 Å². The number of halogens is 6. The molecular formula is C32H38F6N6O. The number of rotatable bonds is 7. The second-order valence-electron chi connectivity index (χ2n) is 12.5. The first-order valence-corrected chi connectivity index (χ1v) is 15.3. The van der Waals surface area contributed by atoms with Gasteiger partial charge in [0.1, 0.15) is 5.78 Å². The van der Waals surface area contributed by atoms with Gasteiger partial charge in [0.05, 0.1) is 24.2 Å². The average molecular weight is 637 g/mol. The number of carbonyl (C=O) groups is 1. The van der Waals surface area contributed by atoms with Crippen molar-refractivity contribution in [3.63, 3.8) is 0 Å². The van der Waals surface area contributed by atoms with Crippen LogP contribution in [0.1, 0.15) is 103 Å². The van der Waals surface area contributed by atoms with Gasteiger partial charge in [-0.15, -0.1) is 5.10 Å². The van der Waals surface area contributed by atoms with Crippen molar-refractivity contribution in [2.45, 2.75) is 103 Å². The monoisotopic (exact) mass is 636 g/mol. The molecule has 13 heteroatoms. The van der Waals surface area contributed by atoms with Crippen molar-refractivity contribution >= 4 is 11.7 Å². The zero-order valence-electron chi connectivity index (χ0n) is 25.8. The molecule has 1 fully saturated rings. The van der Waals surface area contributed by atoms with Gasteiger partial charge in [0.2, 0.25) is 0 Å². The van der Waals surface area contributed by atoms with Crippen molar-refractivity contribution in [2.75, 3.05) is 4.90 Å². The topological polar surface area (TPSA) is 75.9 Å². The molecule has 0 spiro atoms. The summed E-state index contributed by atoms with van der Waals surface area (Å²) >= 11 is 0. The van der Waals surface area contributed by atoms with Gasteiger partial charge < -0.3 is 10.2 Å². The molecule has 244 valence electrons. The number of nitrogens with one attached hydrogen (secondary N) is 1. The minimum Gasteiger partial charge on any atom is -0.327 e. The van der Waals surface area contributed by atoms with Crippen LogP contribution >= 0.6 is 0 Å². The summed E-state index contributed by atoms with van der Waals surface area (Å²) in [6.07, 6.45) is -4.36. The molecule has 1 unspecified atom stereocenters. The summed E-state index contributed by atoms with van der Waals surface area (Å²) in [5.41, 5.74) is 1.17. The molecule has 7 nitrogen and oxygen atoms in total. The number of aryl methyl sites for hydroxylation is 3. The molecule has 1 heterocycles. The van der Waals surface area contributed by atoms with E-state index in [0.717, 1.165) is 72.9 Å². The van der Waals surface area contributed by atoms with E-state index in [-0.39, 0.29) is 47.9 Å². The van der Waals surface area contributed by atoms with Crippen molar-refractivity contribution in [3.05, 3.63) is 69.3 Å². The summed E-state index contributed by atoms with van der Waals surface area (Å²) in [6.45, 7) is 5.35. The van der Waals surface area contributed by atoms with Crippen LogP contribution in [0.3, 0.4) is 0 Å². The SMILES string of the molecule is Cc1cc(C)c2c(c1)[C@@H](N(Cc1cc(C(F)(F)F)cc(C(F)(F)F)c1)c1nnn(C)n1)CCCC2N[C@H]1CC[C@H](C(C)=O)CC1. The van der Waals surface area contributed by atoms with Crippen LogP contribution in [0.5, 0.6) is 0 Å². The molecule has 2 atom stereocenters. The minimum absolute atomic E-state index is 0.00784. The zero-order chi connectivity index (χ0) is 32.7. The first kappa shape index (κ1) is 32.9. The Morgan fingerprint density at radius 1 is 0.933 bits per heavy atom. The van der Waals surface area contributed by atoms with Crippen LogP contribution in [-0.2, 0) is 30.7 Å². The maximum atomic E-state index is 13.7. The van der Waals surface area contributed by atoms with Gasteiger partial charge in [-0.2, -0.15) is 31.1 Å². The van der Waals surface area contributed by atoms with Crippen LogP contribution in [0.15, 0.2) is 30.3 Å². The lowest BCUT2D eigenvalue weighted by molar-refractivity contribution is -0.143. The third kappa shape index (κ3) is 7.50. The molecule has 2 aliphatic rings. The van der Waals surface area contributed by atoms with Crippen molar-refractivity contribution in [2.24, 2.45) is 13.0 Å². The number of tetrazole rings is 1. The summed E-state index contributed by atoms with van der Waals surface area (Å²) < 4.78 is 82.5. The van der Waals surface area contributed by atoms with Gasteiger partial charge in [-0.1, -0.05) is 22.8 Å². The quantitative estimate of drug-likeness (QED) is 0.213. The van der Waals surface area contributed by atoms with Gasteiger partial charge in [-0.25, -0.2) is 0 Å². The Bertz CT molecular complexity index is 1490. The highest BCUT2D eigenvalue weighted by Gasteiger charge is 2.38. The summed E-state index contributed by atoms with van der Waals surface area (Å²) in [7, 11) is 1.55. The predicted octanol–water partition coefficient (Wildman–Crippen LogP) is 7.57. The fourth-order valence-electron chi connectivity index (χ4n) is 7.04. The molecule has 0 radical (unpaired) electrons. The molecule has 1 saturated carbocycles. The van der Waals surface area contributed by atoms with E-state index in [0.29, 0.717) is 6.42 Å². The van der Waals surface area contributed by atoms with E-state index in [1.165, 1.54) is 4.80 Å². The van der Waals surface area contributed by atoms with Gasteiger partial charge >= 0.3 is 12.4 Å². The van der Waals surface area contributed by atoms with E-state index in [9.17, 15) is 31.1 Å². The van der Waals surface area contributed by atoms with Gasteiger partial charge in [-0.05, 0) is 111 Å². The van der Waals surface area contributed by atoms with E-state index in [4.69, 9.17) is 0 Å². The maximum absolute atomic E-state index is 13.7. The van der Waals surface area contributed by atoms with E-state index < -0.39 is 29.5 Å². The Hall–Kier alpha value is -3.48. The molecule has 0 aliphatic heterocycles. The molecule has 3 aromatic rings. The maximum Gasteiger partial charge on any atom is 0.416 e. The number of aromatic nitrogens is 4. The van der Waals surface area contributed by atoms with E-state index in [1.54, 1.807) is 18.9 Å². The number of carbonyl (C=O) groups excluding carboxylic acids is 1. The second kappa shape index (κ2) is 12.7. The fourth-order valence-corrected chi connectivity index (χ4v) is 7.04. The third-order valence-corrected chi connectivity index (χ3v) is 9.11. The summed E-state index contributed by atoms with van der Waals surface area (Å²) in [6, 6.07) is 5.60. The third-order valence-electron chi connectivity index (χ3n) is 9.11. The Labute approximate surface area is 258 Å². The number of fused-ring (bicyclic) bond motifs is 1. The molecular weight excluding hydrogens is 598 g/mol. The number of alkyl halides is 6. The minimum atomic E-state index is -4.96. The molecule has 0 bridgehead atoms. The highest BCUT2D eigenvalue weighted by Crippen LogP contribution is 2.43. The number of benzene rings is 2. The number of hydrogen-bond donors (Lipinski definition) is 1. The predicted molar refractivity (Wildman–Crippen MR) is 156 cm³/mol. The van der Waals surface area contributed by atoms with Crippen LogP contribution < -0.4 is 10.2 Å². The number of Topliss-reactive ketones (excluding diaryl/α,β-unsaturated/α-hetero) is 1. The molecule has 5 rings (SSSR count). The average Bonchev–Trinajstić information content (AvgIpc) is 3.30. The molecule has 45 heavy (non-hydrogen) atoms. The summed E-state index contributed by atoms with van der Waals surface area (Å²) in [5, 5.41) is 16.3. The van der Waals surface area contributed by atoms with Crippen molar-refractivity contribution in [1.29, 1.82) is 0 Å².